The molecule has 10 heteroatoms. The van der Waals surface area contributed by atoms with E-state index in [1.54, 1.807) is 11.8 Å². The maximum absolute atomic E-state index is 13.2. The van der Waals surface area contributed by atoms with Crippen LogP contribution in [-0.2, 0) is 9.59 Å². The molecule has 2 N–H and O–H groups in total. The molecule has 172 valence electrons. The average molecular weight is 472 g/mol. The number of hydrogen-bond donors (Lipinski definition) is 1. The molecule has 4 rings (SSSR count). The summed E-state index contributed by atoms with van der Waals surface area (Å²) in [5.74, 6) is -0.0637. The van der Waals surface area contributed by atoms with Crippen molar-refractivity contribution in [1.29, 1.82) is 0 Å². The number of oxazole rings is 1. The number of likely N-dealkylation sites (tertiary alicyclic amines) is 1. The lowest BCUT2D eigenvalue weighted by Crippen LogP contribution is -2.44. The lowest BCUT2D eigenvalue weighted by molar-refractivity contribution is -0.137. The number of fused-ring (bicyclic) bond motifs is 1. The summed E-state index contributed by atoms with van der Waals surface area (Å²) in [6, 6.07) is 8.29. The Balaban J connectivity index is 0.00000171. The highest BCUT2D eigenvalue weighted by Gasteiger charge is 2.32. The van der Waals surface area contributed by atoms with Gasteiger partial charge in [0.1, 0.15) is 5.52 Å². The van der Waals surface area contributed by atoms with Gasteiger partial charge in [-0.3, -0.25) is 9.59 Å². The van der Waals surface area contributed by atoms with E-state index in [4.69, 9.17) is 10.2 Å². The lowest BCUT2D eigenvalue weighted by Gasteiger charge is -2.28. The normalized spacial score (nSPS) is 22.2. The number of carbonyl (C=O) groups is 2. The van der Waals surface area contributed by atoms with Crippen LogP contribution in [0.5, 0.6) is 0 Å². The largest absolute Gasteiger partial charge is 0.423 e. The van der Waals surface area contributed by atoms with Crippen molar-refractivity contribution in [3.8, 4) is 0 Å². The van der Waals surface area contributed by atoms with Gasteiger partial charge in [0.05, 0.1) is 5.92 Å². The van der Waals surface area contributed by atoms with Crippen LogP contribution in [-0.4, -0.2) is 71.9 Å². The SMILES string of the molecule is CC(=O)N1C[C@@H](N)CC[C@@H](C(=O)N2CCCN(c3nc4ccccc4o3)CC2)C1.Cl.Cl. The Hall–Kier alpha value is -2.03. The summed E-state index contributed by atoms with van der Waals surface area (Å²) in [7, 11) is 0. The highest BCUT2D eigenvalue weighted by Crippen LogP contribution is 2.24. The van der Waals surface area contributed by atoms with Gasteiger partial charge in [0.2, 0.25) is 11.8 Å². The van der Waals surface area contributed by atoms with E-state index < -0.39 is 0 Å². The second kappa shape index (κ2) is 11.0. The molecular weight excluding hydrogens is 441 g/mol. The van der Waals surface area contributed by atoms with E-state index in [0.29, 0.717) is 38.7 Å². The van der Waals surface area contributed by atoms with Gasteiger partial charge in [0.15, 0.2) is 5.58 Å². The fourth-order valence-corrected chi connectivity index (χ4v) is 4.26. The quantitative estimate of drug-likeness (QED) is 0.721. The summed E-state index contributed by atoms with van der Waals surface area (Å²) >= 11 is 0. The van der Waals surface area contributed by atoms with Gasteiger partial charge in [-0.2, -0.15) is 4.98 Å². The molecule has 2 amide bonds. The zero-order chi connectivity index (χ0) is 20.4. The molecule has 0 radical (unpaired) electrons. The fourth-order valence-electron chi connectivity index (χ4n) is 4.26. The third kappa shape index (κ3) is 5.81. The topological polar surface area (TPSA) is 95.9 Å². The van der Waals surface area contributed by atoms with Crippen LogP contribution in [0, 0.1) is 5.92 Å². The number of nitrogens with zero attached hydrogens (tertiary/aromatic N) is 4. The molecule has 2 fully saturated rings. The van der Waals surface area contributed by atoms with E-state index >= 15 is 0 Å². The van der Waals surface area contributed by atoms with E-state index in [9.17, 15) is 9.59 Å². The smallest absolute Gasteiger partial charge is 0.298 e. The molecular formula is C21H31Cl2N5O3. The Kier molecular flexibility index (Phi) is 8.97. The van der Waals surface area contributed by atoms with E-state index in [-0.39, 0.29) is 48.6 Å². The zero-order valence-electron chi connectivity index (χ0n) is 17.7. The van der Waals surface area contributed by atoms with Crippen LogP contribution < -0.4 is 10.6 Å². The summed E-state index contributed by atoms with van der Waals surface area (Å²) in [5, 5.41) is 0. The Morgan fingerprint density at radius 3 is 2.55 bits per heavy atom. The number of para-hydroxylation sites is 2. The van der Waals surface area contributed by atoms with Crippen LogP contribution in [0.4, 0.5) is 6.01 Å². The van der Waals surface area contributed by atoms with Crippen molar-refractivity contribution in [1.82, 2.24) is 14.8 Å². The Bertz CT molecular complexity index is 860. The highest BCUT2D eigenvalue weighted by molar-refractivity contribution is 5.85. The minimum absolute atomic E-state index is 0. The molecule has 0 unspecified atom stereocenters. The molecule has 3 heterocycles. The summed E-state index contributed by atoms with van der Waals surface area (Å²) in [5.41, 5.74) is 7.72. The number of benzene rings is 1. The van der Waals surface area contributed by atoms with Crippen molar-refractivity contribution in [3.63, 3.8) is 0 Å². The molecule has 2 saturated heterocycles. The molecule has 8 nitrogen and oxygen atoms in total. The average Bonchev–Trinajstić information content (AvgIpc) is 2.86. The van der Waals surface area contributed by atoms with Crippen LogP contribution in [0.3, 0.4) is 0 Å². The summed E-state index contributed by atoms with van der Waals surface area (Å²) in [6.07, 6.45) is 2.35. The summed E-state index contributed by atoms with van der Waals surface area (Å²) < 4.78 is 5.90. The standard InChI is InChI=1S/C21H29N5O3.2ClH/c1-15(27)26-13-16(7-8-17(22)14-26)20(28)24-9-4-10-25(12-11-24)21-23-18-5-2-3-6-19(18)29-21;;/h2-3,5-6,16-17H,4,7-14,22H2,1H3;2*1H/t16-,17+;;/m1../s1. The summed E-state index contributed by atoms with van der Waals surface area (Å²) in [4.78, 5) is 35.5. The Morgan fingerprint density at radius 2 is 1.81 bits per heavy atom. The van der Waals surface area contributed by atoms with E-state index in [0.717, 1.165) is 36.9 Å². The second-order valence-electron chi connectivity index (χ2n) is 8.09. The van der Waals surface area contributed by atoms with Crippen molar-refractivity contribution in [2.45, 2.75) is 32.2 Å². The number of carbonyl (C=O) groups excluding carboxylic acids is 2. The van der Waals surface area contributed by atoms with E-state index in [2.05, 4.69) is 9.88 Å². The first-order valence-corrected chi connectivity index (χ1v) is 10.4. The zero-order valence-corrected chi connectivity index (χ0v) is 19.4. The number of rotatable bonds is 2. The van der Waals surface area contributed by atoms with Crippen LogP contribution in [0.1, 0.15) is 26.2 Å². The van der Waals surface area contributed by atoms with E-state index in [1.165, 1.54) is 0 Å². The molecule has 2 aliphatic heterocycles. The van der Waals surface area contributed by atoms with Crippen molar-refractivity contribution in [2.24, 2.45) is 11.7 Å². The van der Waals surface area contributed by atoms with Gasteiger partial charge in [-0.1, -0.05) is 12.1 Å². The minimum Gasteiger partial charge on any atom is -0.423 e. The third-order valence-corrected chi connectivity index (χ3v) is 5.94. The Morgan fingerprint density at radius 1 is 1.03 bits per heavy atom. The number of anilines is 1. The first-order valence-electron chi connectivity index (χ1n) is 10.4. The number of nitrogens with two attached hydrogens (primary N) is 1. The van der Waals surface area contributed by atoms with Gasteiger partial charge in [0, 0.05) is 52.2 Å². The molecule has 31 heavy (non-hydrogen) atoms. The highest BCUT2D eigenvalue weighted by atomic mass is 35.5. The monoisotopic (exact) mass is 471 g/mol. The lowest BCUT2D eigenvalue weighted by atomic mass is 10.0. The predicted molar refractivity (Wildman–Crippen MR) is 125 cm³/mol. The van der Waals surface area contributed by atoms with Crippen LogP contribution in [0.15, 0.2) is 28.7 Å². The van der Waals surface area contributed by atoms with Crippen molar-refractivity contribution >= 4 is 53.7 Å². The molecule has 2 aromatic rings. The van der Waals surface area contributed by atoms with Gasteiger partial charge in [-0.15, -0.1) is 24.8 Å². The molecule has 2 atom stereocenters. The molecule has 2 aliphatic rings. The minimum atomic E-state index is -0.177. The van der Waals surface area contributed by atoms with Crippen molar-refractivity contribution in [2.75, 3.05) is 44.2 Å². The van der Waals surface area contributed by atoms with Gasteiger partial charge in [-0.05, 0) is 31.4 Å². The van der Waals surface area contributed by atoms with E-state index in [1.807, 2.05) is 29.2 Å². The maximum atomic E-state index is 13.2. The molecule has 0 saturated carbocycles. The molecule has 1 aromatic carbocycles. The van der Waals surface area contributed by atoms with Gasteiger partial charge in [-0.25, -0.2) is 0 Å². The van der Waals surface area contributed by atoms with Gasteiger partial charge in [0.25, 0.3) is 6.01 Å². The number of hydrogen-bond acceptors (Lipinski definition) is 6. The van der Waals surface area contributed by atoms with Crippen LogP contribution in [0.2, 0.25) is 0 Å². The molecule has 0 spiro atoms. The maximum Gasteiger partial charge on any atom is 0.298 e. The van der Waals surface area contributed by atoms with Crippen molar-refractivity contribution in [3.05, 3.63) is 24.3 Å². The number of amides is 2. The van der Waals surface area contributed by atoms with Gasteiger partial charge < -0.3 is 24.9 Å². The fraction of sp³-hybridized carbons (Fsp3) is 0.571. The third-order valence-electron chi connectivity index (χ3n) is 5.94. The molecule has 0 bridgehead atoms. The predicted octanol–water partition coefficient (Wildman–Crippen LogP) is 2.30. The first kappa shape index (κ1) is 25.2. The first-order chi connectivity index (χ1) is 14.0. The molecule has 0 aliphatic carbocycles. The van der Waals surface area contributed by atoms with Gasteiger partial charge >= 0.3 is 0 Å². The number of halogens is 2. The summed E-state index contributed by atoms with van der Waals surface area (Å²) in [6.45, 7) is 5.35. The van der Waals surface area contributed by atoms with Crippen LogP contribution in [0.25, 0.3) is 11.1 Å². The van der Waals surface area contributed by atoms with Crippen molar-refractivity contribution < 1.29 is 14.0 Å². The van der Waals surface area contributed by atoms with Crippen LogP contribution >= 0.6 is 24.8 Å². The molecule has 1 aromatic heterocycles. The second-order valence-corrected chi connectivity index (χ2v) is 8.09. The Labute approximate surface area is 194 Å². The number of aromatic nitrogens is 1.